The SMILES string of the molecule is Cc1cc(Cl)ccc1OCCCC(=O)OCCCC(C)C. The first-order valence-electron chi connectivity index (χ1n) is 7.53. The maximum Gasteiger partial charge on any atom is 0.305 e. The number of carbonyl (C=O) groups is 1. The highest BCUT2D eigenvalue weighted by molar-refractivity contribution is 6.30. The van der Waals surface area contributed by atoms with Gasteiger partial charge in [-0.15, -0.1) is 0 Å². The Labute approximate surface area is 132 Å². The van der Waals surface area contributed by atoms with E-state index in [1.807, 2.05) is 19.1 Å². The van der Waals surface area contributed by atoms with Crippen molar-refractivity contribution < 1.29 is 14.3 Å². The molecular weight excluding hydrogens is 288 g/mol. The molecule has 0 spiro atoms. The predicted molar refractivity (Wildman–Crippen MR) is 85.9 cm³/mol. The van der Waals surface area contributed by atoms with Crippen molar-refractivity contribution >= 4 is 17.6 Å². The molecule has 0 saturated carbocycles. The number of halogens is 1. The van der Waals surface area contributed by atoms with Crippen molar-refractivity contribution in [3.05, 3.63) is 28.8 Å². The van der Waals surface area contributed by atoms with Gasteiger partial charge in [0.2, 0.25) is 0 Å². The van der Waals surface area contributed by atoms with E-state index >= 15 is 0 Å². The highest BCUT2D eigenvalue weighted by atomic mass is 35.5. The molecule has 4 heteroatoms. The Morgan fingerprint density at radius 3 is 2.67 bits per heavy atom. The van der Waals surface area contributed by atoms with E-state index in [9.17, 15) is 4.79 Å². The molecule has 0 aromatic heterocycles. The van der Waals surface area contributed by atoms with E-state index in [2.05, 4.69) is 13.8 Å². The maximum absolute atomic E-state index is 11.5. The molecule has 0 aliphatic heterocycles. The Morgan fingerprint density at radius 1 is 1.24 bits per heavy atom. The van der Waals surface area contributed by atoms with Gasteiger partial charge in [0.1, 0.15) is 5.75 Å². The van der Waals surface area contributed by atoms with Crippen molar-refractivity contribution in [2.24, 2.45) is 5.92 Å². The second kappa shape index (κ2) is 9.67. The molecule has 0 N–H and O–H groups in total. The van der Waals surface area contributed by atoms with E-state index in [1.165, 1.54) is 0 Å². The highest BCUT2D eigenvalue weighted by Gasteiger charge is 2.05. The average Bonchev–Trinajstić information content (AvgIpc) is 2.41. The molecule has 0 atom stereocenters. The molecule has 0 saturated heterocycles. The van der Waals surface area contributed by atoms with Crippen LogP contribution in [0.5, 0.6) is 5.75 Å². The van der Waals surface area contributed by atoms with Crippen molar-refractivity contribution in [3.63, 3.8) is 0 Å². The van der Waals surface area contributed by atoms with E-state index in [4.69, 9.17) is 21.1 Å². The minimum Gasteiger partial charge on any atom is -0.493 e. The average molecular weight is 313 g/mol. The minimum atomic E-state index is -0.143. The number of ether oxygens (including phenoxy) is 2. The molecule has 1 aromatic carbocycles. The summed E-state index contributed by atoms with van der Waals surface area (Å²) in [6.45, 7) is 7.30. The third kappa shape index (κ3) is 7.96. The molecule has 0 aliphatic rings. The summed E-state index contributed by atoms with van der Waals surface area (Å²) in [6, 6.07) is 5.51. The van der Waals surface area contributed by atoms with Gasteiger partial charge in [-0.1, -0.05) is 25.4 Å². The van der Waals surface area contributed by atoms with Crippen LogP contribution in [0.1, 0.15) is 45.1 Å². The Morgan fingerprint density at radius 2 is 2.00 bits per heavy atom. The van der Waals surface area contributed by atoms with Crippen molar-refractivity contribution in [1.29, 1.82) is 0 Å². The zero-order valence-electron chi connectivity index (χ0n) is 13.2. The first-order chi connectivity index (χ1) is 9.99. The molecule has 118 valence electrons. The normalized spacial score (nSPS) is 10.7. The van der Waals surface area contributed by atoms with Crippen LogP contribution in [-0.2, 0) is 9.53 Å². The molecular formula is C17H25ClO3. The summed E-state index contributed by atoms with van der Waals surface area (Å²) >= 11 is 5.88. The van der Waals surface area contributed by atoms with Crippen LogP contribution in [0.15, 0.2) is 18.2 Å². The van der Waals surface area contributed by atoms with Gasteiger partial charge >= 0.3 is 5.97 Å². The van der Waals surface area contributed by atoms with Crippen LogP contribution in [0, 0.1) is 12.8 Å². The molecule has 0 heterocycles. The fraction of sp³-hybridized carbons (Fsp3) is 0.588. The summed E-state index contributed by atoms with van der Waals surface area (Å²) < 4.78 is 10.8. The van der Waals surface area contributed by atoms with Crippen molar-refractivity contribution in [2.45, 2.75) is 46.5 Å². The van der Waals surface area contributed by atoms with Crippen LogP contribution in [0.4, 0.5) is 0 Å². The van der Waals surface area contributed by atoms with Crippen LogP contribution in [-0.4, -0.2) is 19.2 Å². The highest BCUT2D eigenvalue weighted by Crippen LogP contribution is 2.21. The van der Waals surface area contributed by atoms with Gasteiger partial charge in [-0.05, 0) is 55.9 Å². The molecule has 0 fully saturated rings. The topological polar surface area (TPSA) is 35.5 Å². The number of esters is 1. The molecule has 1 rings (SSSR count). The summed E-state index contributed by atoms with van der Waals surface area (Å²) in [6.07, 6.45) is 3.08. The number of carbonyl (C=O) groups excluding carboxylic acids is 1. The standard InChI is InChI=1S/C17H25ClO3/c1-13(2)6-4-11-21-17(19)7-5-10-20-16-9-8-15(18)12-14(16)3/h8-9,12-13H,4-7,10-11H2,1-3H3. The Balaban J connectivity index is 2.12. The third-order valence-electron chi connectivity index (χ3n) is 3.11. The van der Waals surface area contributed by atoms with Gasteiger partial charge < -0.3 is 9.47 Å². The Bertz CT molecular complexity index is 444. The zero-order chi connectivity index (χ0) is 15.7. The van der Waals surface area contributed by atoms with Crippen LogP contribution >= 0.6 is 11.6 Å². The van der Waals surface area contributed by atoms with Gasteiger partial charge in [0.25, 0.3) is 0 Å². The van der Waals surface area contributed by atoms with Gasteiger partial charge in [0, 0.05) is 11.4 Å². The zero-order valence-corrected chi connectivity index (χ0v) is 13.9. The lowest BCUT2D eigenvalue weighted by Crippen LogP contribution is -2.09. The van der Waals surface area contributed by atoms with Gasteiger partial charge in [0.05, 0.1) is 13.2 Å². The van der Waals surface area contributed by atoms with Crippen molar-refractivity contribution in [2.75, 3.05) is 13.2 Å². The number of hydrogen-bond acceptors (Lipinski definition) is 3. The minimum absolute atomic E-state index is 0.143. The van der Waals surface area contributed by atoms with Gasteiger partial charge in [0.15, 0.2) is 0 Å². The predicted octanol–water partition coefficient (Wildman–Crippen LogP) is 4.79. The summed E-state index contributed by atoms with van der Waals surface area (Å²) in [4.78, 5) is 11.5. The second-order valence-corrected chi connectivity index (χ2v) is 6.05. The molecule has 0 unspecified atom stereocenters. The molecule has 0 radical (unpaired) electrons. The lowest BCUT2D eigenvalue weighted by molar-refractivity contribution is -0.144. The third-order valence-corrected chi connectivity index (χ3v) is 3.34. The smallest absolute Gasteiger partial charge is 0.305 e. The summed E-state index contributed by atoms with van der Waals surface area (Å²) in [5, 5.41) is 0.699. The molecule has 21 heavy (non-hydrogen) atoms. The van der Waals surface area contributed by atoms with Gasteiger partial charge in [-0.2, -0.15) is 0 Å². The monoisotopic (exact) mass is 312 g/mol. The number of aryl methyl sites for hydroxylation is 1. The van der Waals surface area contributed by atoms with Gasteiger partial charge in [-0.25, -0.2) is 0 Å². The van der Waals surface area contributed by atoms with E-state index < -0.39 is 0 Å². The first kappa shape index (κ1) is 17.8. The second-order valence-electron chi connectivity index (χ2n) is 5.62. The number of rotatable bonds is 9. The van der Waals surface area contributed by atoms with Gasteiger partial charge in [-0.3, -0.25) is 4.79 Å². The fourth-order valence-corrected chi connectivity index (χ4v) is 2.15. The molecule has 0 aliphatic carbocycles. The Kier molecular flexibility index (Phi) is 8.21. The number of hydrogen-bond donors (Lipinski definition) is 0. The van der Waals surface area contributed by atoms with Crippen molar-refractivity contribution in [3.8, 4) is 5.75 Å². The first-order valence-corrected chi connectivity index (χ1v) is 7.91. The van der Waals surface area contributed by atoms with Crippen LogP contribution in [0.2, 0.25) is 5.02 Å². The number of benzene rings is 1. The molecule has 3 nitrogen and oxygen atoms in total. The lowest BCUT2D eigenvalue weighted by atomic mass is 10.1. The summed E-state index contributed by atoms with van der Waals surface area (Å²) in [7, 11) is 0. The summed E-state index contributed by atoms with van der Waals surface area (Å²) in [5.41, 5.74) is 0.999. The van der Waals surface area contributed by atoms with Crippen LogP contribution < -0.4 is 4.74 Å². The largest absolute Gasteiger partial charge is 0.493 e. The van der Waals surface area contributed by atoms with Crippen LogP contribution in [0.25, 0.3) is 0 Å². The molecule has 0 bridgehead atoms. The Hall–Kier alpha value is -1.22. The van der Waals surface area contributed by atoms with E-state index in [-0.39, 0.29) is 5.97 Å². The van der Waals surface area contributed by atoms with E-state index in [0.717, 1.165) is 24.2 Å². The molecule has 1 aromatic rings. The maximum atomic E-state index is 11.5. The van der Waals surface area contributed by atoms with E-state index in [1.54, 1.807) is 6.07 Å². The van der Waals surface area contributed by atoms with E-state index in [0.29, 0.717) is 37.0 Å². The van der Waals surface area contributed by atoms with Crippen molar-refractivity contribution in [1.82, 2.24) is 0 Å². The lowest BCUT2D eigenvalue weighted by Gasteiger charge is -2.09. The fourth-order valence-electron chi connectivity index (χ4n) is 1.92. The summed E-state index contributed by atoms with van der Waals surface area (Å²) in [5.74, 6) is 1.32. The van der Waals surface area contributed by atoms with Crippen LogP contribution in [0.3, 0.4) is 0 Å². The quantitative estimate of drug-likeness (QED) is 0.486. The molecule has 0 amide bonds.